The van der Waals surface area contributed by atoms with E-state index in [0.29, 0.717) is 40.1 Å². The van der Waals surface area contributed by atoms with Crippen LogP contribution < -0.4 is 20.9 Å². The van der Waals surface area contributed by atoms with Crippen LogP contribution in [-0.2, 0) is 11.3 Å². The Labute approximate surface area is 187 Å². The first kappa shape index (κ1) is 17.7. The lowest BCUT2D eigenvalue weighted by Gasteiger charge is -2.30. The minimum atomic E-state index is -1.85. The van der Waals surface area contributed by atoms with Crippen LogP contribution in [0.3, 0.4) is 0 Å². The third-order valence-corrected chi connectivity index (χ3v) is 5.41. The van der Waals surface area contributed by atoms with E-state index in [1.54, 1.807) is 36.1 Å². The van der Waals surface area contributed by atoms with Gasteiger partial charge in [-0.2, -0.15) is 5.10 Å². The highest BCUT2D eigenvalue weighted by Crippen LogP contribution is 2.38. The summed E-state index contributed by atoms with van der Waals surface area (Å²) >= 11 is 0. The Bertz CT molecular complexity index is 1320. The quantitative estimate of drug-likeness (QED) is 0.564. The predicted molar refractivity (Wildman–Crippen MR) is 120 cm³/mol. The minimum absolute atomic E-state index is 0.00207. The van der Waals surface area contributed by atoms with Crippen LogP contribution in [0.2, 0.25) is 0 Å². The van der Waals surface area contributed by atoms with E-state index >= 15 is 0 Å². The Morgan fingerprint density at radius 2 is 2.06 bits per heavy atom. The SMILES string of the molecule is [2H]C1([2H])c2cc(C)nn2-c2ccnc(Nc3cc(NC(=O)C4CC4)ncc3C(=O)NC)c2N1C. The van der Waals surface area contributed by atoms with E-state index in [2.05, 4.69) is 31.0 Å². The molecular formula is C22H24N8O2. The van der Waals surface area contributed by atoms with Crippen molar-refractivity contribution in [2.45, 2.75) is 26.3 Å². The number of nitrogens with one attached hydrogen (secondary N) is 3. The van der Waals surface area contributed by atoms with Crippen molar-refractivity contribution in [1.29, 1.82) is 0 Å². The van der Waals surface area contributed by atoms with E-state index in [1.807, 2.05) is 6.92 Å². The molecule has 0 saturated heterocycles. The van der Waals surface area contributed by atoms with Gasteiger partial charge in [0.05, 0.1) is 37.6 Å². The summed E-state index contributed by atoms with van der Waals surface area (Å²) in [7, 11) is 3.16. The number of amides is 2. The Hall–Kier alpha value is -3.95. The fourth-order valence-corrected chi connectivity index (χ4v) is 3.67. The molecule has 2 amide bonds. The van der Waals surface area contributed by atoms with Crippen LogP contribution >= 0.6 is 0 Å². The summed E-state index contributed by atoms with van der Waals surface area (Å²) in [5, 5.41) is 13.0. The lowest BCUT2D eigenvalue weighted by molar-refractivity contribution is -0.117. The van der Waals surface area contributed by atoms with Gasteiger partial charge in [0.15, 0.2) is 5.82 Å². The second kappa shape index (κ2) is 7.63. The standard InChI is InChI=1S/C22H24N8O2/c1-12-8-14-11-29(3)19-17(30(14)28-12)6-7-24-20(19)26-16-9-18(27-21(31)13-4-5-13)25-10-15(16)22(32)23-2/h6-10,13H,4-5,11H2,1-3H3,(H,23,32)(H2,24,25,26,27,31)/i11D2. The van der Waals surface area contributed by atoms with E-state index in [1.165, 1.54) is 18.1 Å². The van der Waals surface area contributed by atoms with Crippen LogP contribution in [0.15, 0.2) is 30.6 Å². The predicted octanol–water partition coefficient (Wildman–Crippen LogP) is 2.37. The van der Waals surface area contributed by atoms with Crippen molar-refractivity contribution in [2.75, 3.05) is 29.6 Å². The minimum Gasteiger partial charge on any atom is -0.364 e. The highest BCUT2D eigenvalue weighted by Gasteiger charge is 2.30. The Morgan fingerprint density at radius 1 is 1.25 bits per heavy atom. The molecule has 32 heavy (non-hydrogen) atoms. The van der Waals surface area contributed by atoms with Crippen molar-refractivity contribution in [1.82, 2.24) is 25.1 Å². The van der Waals surface area contributed by atoms with Gasteiger partial charge >= 0.3 is 0 Å². The summed E-state index contributed by atoms with van der Waals surface area (Å²) in [6, 6.07) is 5.05. The van der Waals surface area contributed by atoms with E-state index in [0.717, 1.165) is 12.8 Å². The third-order valence-electron chi connectivity index (χ3n) is 5.41. The topological polar surface area (TPSA) is 117 Å². The number of anilines is 4. The molecule has 0 atom stereocenters. The summed E-state index contributed by atoms with van der Waals surface area (Å²) in [6.07, 6.45) is 4.69. The van der Waals surface area contributed by atoms with E-state index in [9.17, 15) is 9.59 Å². The lowest BCUT2D eigenvalue weighted by atomic mass is 10.2. The molecule has 3 N–H and O–H groups in total. The van der Waals surface area contributed by atoms with Crippen LogP contribution in [0.5, 0.6) is 0 Å². The Balaban J connectivity index is 1.59. The van der Waals surface area contributed by atoms with Crippen molar-refractivity contribution >= 4 is 34.8 Å². The number of aryl methyl sites for hydroxylation is 1. The number of nitrogens with zero attached hydrogens (tertiary/aromatic N) is 5. The number of hydrogen-bond donors (Lipinski definition) is 3. The van der Waals surface area contributed by atoms with Gasteiger partial charge in [-0.25, -0.2) is 14.6 Å². The van der Waals surface area contributed by atoms with E-state index < -0.39 is 6.50 Å². The highest BCUT2D eigenvalue weighted by molar-refractivity contribution is 6.01. The number of hydrogen-bond acceptors (Lipinski definition) is 7. The maximum atomic E-state index is 12.5. The molecule has 3 aromatic heterocycles. The number of pyridine rings is 2. The molecule has 0 radical (unpaired) electrons. The molecule has 0 bridgehead atoms. The molecule has 10 heteroatoms. The first-order valence-electron chi connectivity index (χ1n) is 11.3. The van der Waals surface area contributed by atoms with Crippen LogP contribution in [0.25, 0.3) is 5.69 Å². The molecule has 0 unspecified atom stereocenters. The van der Waals surface area contributed by atoms with Gasteiger partial charge in [0, 0.05) is 38.5 Å². The van der Waals surface area contributed by atoms with Gasteiger partial charge in [0.25, 0.3) is 5.91 Å². The van der Waals surface area contributed by atoms with Gasteiger partial charge in [0.2, 0.25) is 5.91 Å². The number of fused-ring (bicyclic) bond motifs is 3. The molecule has 3 aromatic rings. The average Bonchev–Trinajstić information content (AvgIpc) is 3.58. The largest absolute Gasteiger partial charge is 0.364 e. The van der Waals surface area contributed by atoms with Gasteiger partial charge in [-0.3, -0.25) is 9.59 Å². The van der Waals surface area contributed by atoms with Gasteiger partial charge in [-0.15, -0.1) is 0 Å². The molecule has 2 aliphatic rings. The summed E-state index contributed by atoms with van der Waals surface area (Å²) < 4.78 is 18.9. The first-order valence-corrected chi connectivity index (χ1v) is 10.3. The van der Waals surface area contributed by atoms with E-state index in [4.69, 9.17) is 2.74 Å². The summed E-state index contributed by atoms with van der Waals surface area (Å²) in [5.41, 5.74) is 2.86. The molecule has 0 aromatic carbocycles. The summed E-state index contributed by atoms with van der Waals surface area (Å²) in [6.45, 7) is -0.0372. The second-order valence-corrected chi connectivity index (χ2v) is 7.86. The smallest absolute Gasteiger partial charge is 0.254 e. The van der Waals surface area contributed by atoms with Crippen LogP contribution in [0.1, 0.15) is 37.3 Å². The number of rotatable bonds is 5. The Kier molecular flexibility index (Phi) is 4.22. The van der Waals surface area contributed by atoms with Crippen molar-refractivity contribution < 1.29 is 12.3 Å². The van der Waals surface area contributed by atoms with Crippen molar-refractivity contribution in [3.05, 3.63) is 47.5 Å². The van der Waals surface area contributed by atoms with Gasteiger partial charge < -0.3 is 20.9 Å². The molecule has 5 rings (SSSR count). The monoisotopic (exact) mass is 434 g/mol. The van der Waals surface area contributed by atoms with Crippen molar-refractivity contribution in [3.63, 3.8) is 0 Å². The van der Waals surface area contributed by atoms with Gasteiger partial charge in [-0.1, -0.05) is 0 Å². The average molecular weight is 435 g/mol. The molecule has 164 valence electrons. The highest BCUT2D eigenvalue weighted by atomic mass is 16.2. The molecule has 1 aliphatic heterocycles. The third kappa shape index (κ3) is 3.53. The number of aromatic nitrogens is 4. The zero-order valence-corrected chi connectivity index (χ0v) is 17.9. The molecule has 1 aliphatic carbocycles. The fourth-order valence-electron chi connectivity index (χ4n) is 3.67. The van der Waals surface area contributed by atoms with Crippen LogP contribution in [-0.4, -0.2) is 45.7 Å². The molecular weight excluding hydrogens is 408 g/mol. The molecule has 1 saturated carbocycles. The maximum absolute atomic E-state index is 12.5. The molecule has 10 nitrogen and oxygen atoms in total. The normalized spacial score (nSPS) is 16.9. The molecule has 0 spiro atoms. The van der Waals surface area contributed by atoms with Crippen LogP contribution in [0, 0.1) is 12.8 Å². The van der Waals surface area contributed by atoms with Crippen LogP contribution in [0.4, 0.5) is 23.0 Å². The number of carbonyl (C=O) groups excluding carboxylic acids is 2. The summed E-state index contributed by atoms with van der Waals surface area (Å²) in [4.78, 5) is 34.9. The second-order valence-electron chi connectivity index (χ2n) is 7.86. The van der Waals surface area contributed by atoms with Crippen molar-refractivity contribution in [2.24, 2.45) is 5.92 Å². The lowest BCUT2D eigenvalue weighted by Crippen LogP contribution is -2.27. The van der Waals surface area contributed by atoms with E-state index in [-0.39, 0.29) is 23.3 Å². The maximum Gasteiger partial charge on any atom is 0.254 e. The zero-order chi connectivity index (χ0) is 24.2. The Morgan fingerprint density at radius 3 is 2.81 bits per heavy atom. The molecule has 1 fully saturated rings. The summed E-state index contributed by atoms with van der Waals surface area (Å²) in [5.74, 6) is 0.177. The number of carbonyl (C=O) groups is 2. The zero-order valence-electron chi connectivity index (χ0n) is 19.9. The fraction of sp³-hybridized carbons (Fsp3) is 0.318. The first-order chi connectivity index (χ1) is 16.2. The molecule has 4 heterocycles. The van der Waals surface area contributed by atoms with Gasteiger partial charge in [0.1, 0.15) is 11.5 Å². The van der Waals surface area contributed by atoms with Gasteiger partial charge in [-0.05, 0) is 31.9 Å². The van der Waals surface area contributed by atoms with Crippen molar-refractivity contribution in [3.8, 4) is 5.69 Å².